The normalized spacial score (nSPS) is 12.0. The van der Waals surface area contributed by atoms with Crippen LogP contribution in [0.4, 0.5) is 14.5 Å². The fourth-order valence-electron chi connectivity index (χ4n) is 3.90. The van der Waals surface area contributed by atoms with Gasteiger partial charge in [0.25, 0.3) is 0 Å². The summed E-state index contributed by atoms with van der Waals surface area (Å²) in [7, 11) is -4.01. The highest BCUT2D eigenvalue weighted by molar-refractivity contribution is 7.92. The zero-order chi connectivity index (χ0) is 27.0. The Balaban J connectivity index is 2.05. The number of amides is 2. The van der Waals surface area contributed by atoms with Gasteiger partial charge in [0.05, 0.1) is 11.9 Å². The van der Waals surface area contributed by atoms with Crippen LogP contribution in [0.3, 0.4) is 0 Å². The van der Waals surface area contributed by atoms with Crippen molar-refractivity contribution in [2.45, 2.75) is 25.9 Å². The van der Waals surface area contributed by atoms with E-state index in [4.69, 9.17) is 0 Å². The first kappa shape index (κ1) is 27.8. The molecule has 0 aliphatic heterocycles. The number of anilines is 1. The van der Waals surface area contributed by atoms with E-state index < -0.39 is 46.1 Å². The Morgan fingerprint density at radius 1 is 0.946 bits per heavy atom. The summed E-state index contributed by atoms with van der Waals surface area (Å²) in [4.78, 5) is 28.1. The van der Waals surface area contributed by atoms with Crippen LogP contribution in [-0.4, -0.2) is 50.5 Å². The molecule has 0 bridgehead atoms. The van der Waals surface area contributed by atoms with Gasteiger partial charge in [-0.25, -0.2) is 17.2 Å². The van der Waals surface area contributed by atoms with Gasteiger partial charge in [0, 0.05) is 25.1 Å². The summed E-state index contributed by atoms with van der Waals surface area (Å²) in [6.45, 7) is 1.04. The largest absolute Gasteiger partial charge is 0.355 e. The van der Waals surface area contributed by atoms with Crippen molar-refractivity contribution in [3.05, 3.63) is 102 Å². The van der Waals surface area contributed by atoms with Crippen molar-refractivity contribution < 1.29 is 26.8 Å². The maximum Gasteiger partial charge on any atom is 0.244 e. The van der Waals surface area contributed by atoms with Crippen molar-refractivity contribution in [1.29, 1.82) is 0 Å². The van der Waals surface area contributed by atoms with Gasteiger partial charge in [-0.1, -0.05) is 54.6 Å². The van der Waals surface area contributed by atoms with Gasteiger partial charge in [0.1, 0.15) is 24.2 Å². The maximum atomic E-state index is 14.6. The molecule has 2 amide bonds. The van der Waals surface area contributed by atoms with Crippen LogP contribution in [0.15, 0.2) is 78.9 Å². The van der Waals surface area contributed by atoms with Crippen molar-refractivity contribution in [3.8, 4) is 0 Å². The van der Waals surface area contributed by atoms with Crippen LogP contribution in [0.5, 0.6) is 0 Å². The molecule has 0 aromatic heterocycles. The average Bonchev–Trinajstić information content (AvgIpc) is 2.85. The molecule has 0 aliphatic carbocycles. The lowest BCUT2D eigenvalue weighted by atomic mass is 10.0. The van der Waals surface area contributed by atoms with Crippen molar-refractivity contribution in [1.82, 2.24) is 10.2 Å². The molecule has 0 aliphatic rings. The van der Waals surface area contributed by atoms with E-state index in [1.54, 1.807) is 37.3 Å². The highest BCUT2D eigenvalue weighted by atomic mass is 32.2. The Bertz CT molecular complexity index is 1340. The highest BCUT2D eigenvalue weighted by Gasteiger charge is 2.33. The number of rotatable bonds is 11. The Labute approximate surface area is 215 Å². The highest BCUT2D eigenvalue weighted by Crippen LogP contribution is 2.21. The molecule has 1 unspecified atom stereocenters. The van der Waals surface area contributed by atoms with E-state index in [9.17, 15) is 26.8 Å². The van der Waals surface area contributed by atoms with Gasteiger partial charge in [0.15, 0.2) is 0 Å². The van der Waals surface area contributed by atoms with Crippen molar-refractivity contribution in [3.63, 3.8) is 0 Å². The van der Waals surface area contributed by atoms with Crippen LogP contribution < -0.4 is 9.62 Å². The first-order chi connectivity index (χ1) is 17.6. The first-order valence-electron chi connectivity index (χ1n) is 11.7. The third kappa shape index (κ3) is 7.60. The Kier molecular flexibility index (Phi) is 9.35. The maximum absolute atomic E-state index is 14.6. The number of benzene rings is 3. The Morgan fingerprint density at radius 2 is 1.62 bits per heavy atom. The molecule has 0 heterocycles. The molecule has 0 saturated carbocycles. The van der Waals surface area contributed by atoms with E-state index >= 15 is 0 Å². The van der Waals surface area contributed by atoms with E-state index in [0.717, 1.165) is 28.3 Å². The Hall–Kier alpha value is -3.79. The number of hydrogen-bond donors (Lipinski definition) is 1. The molecular formula is C27H29F2N3O4S. The smallest absolute Gasteiger partial charge is 0.244 e. The van der Waals surface area contributed by atoms with Crippen molar-refractivity contribution in [2.24, 2.45) is 0 Å². The first-order valence-corrected chi connectivity index (χ1v) is 13.5. The zero-order valence-corrected chi connectivity index (χ0v) is 21.4. The molecule has 0 saturated heterocycles. The Morgan fingerprint density at radius 3 is 2.24 bits per heavy atom. The lowest BCUT2D eigenvalue weighted by molar-refractivity contribution is -0.140. The second kappa shape index (κ2) is 12.4. The van der Waals surface area contributed by atoms with E-state index in [1.807, 2.05) is 6.07 Å². The lowest BCUT2D eigenvalue weighted by Crippen LogP contribution is -2.53. The topological polar surface area (TPSA) is 86.8 Å². The minimum atomic E-state index is -4.01. The van der Waals surface area contributed by atoms with E-state index in [-0.39, 0.29) is 24.2 Å². The van der Waals surface area contributed by atoms with Crippen LogP contribution in [0.25, 0.3) is 0 Å². The number of carbonyl (C=O) groups excluding carboxylic acids is 2. The molecule has 37 heavy (non-hydrogen) atoms. The average molecular weight is 530 g/mol. The molecular weight excluding hydrogens is 500 g/mol. The number of hydrogen-bond acceptors (Lipinski definition) is 4. The summed E-state index contributed by atoms with van der Waals surface area (Å²) in [5, 5.41) is 2.72. The van der Waals surface area contributed by atoms with Gasteiger partial charge in [-0.15, -0.1) is 0 Å². The van der Waals surface area contributed by atoms with Crippen LogP contribution in [0.2, 0.25) is 0 Å². The van der Waals surface area contributed by atoms with E-state index in [2.05, 4.69) is 5.32 Å². The summed E-state index contributed by atoms with van der Waals surface area (Å²) >= 11 is 0. The summed E-state index contributed by atoms with van der Waals surface area (Å²) < 4.78 is 54.5. The van der Waals surface area contributed by atoms with Gasteiger partial charge in [0.2, 0.25) is 21.8 Å². The molecule has 7 nitrogen and oxygen atoms in total. The summed E-state index contributed by atoms with van der Waals surface area (Å²) in [5.74, 6) is -2.45. The predicted octanol–water partition coefficient (Wildman–Crippen LogP) is 3.51. The molecule has 1 atom stereocenters. The molecule has 196 valence electrons. The third-order valence-corrected chi connectivity index (χ3v) is 6.84. The fraction of sp³-hybridized carbons (Fsp3) is 0.259. The predicted molar refractivity (Wildman–Crippen MR) is 138 cm³/mol. The number of carbonyl (C=O) groups is 2. The van der Waals surface area contributed by atoms with E-state index in [0.29, 0.717) is 6.54 Å². The summed E-state index contributed by atoms with van der Waals surface area (Å²) in [6.07, 6.45) is 1.02. The molecule has 3 rings (SSSR count). The van der Waals surface area contributed by atoms with Crippen LogP contribution in [0.1, 0.15) is 18.1 Å². The monoisotopic (exact) mass is 529 g/mol. The number of likely N-dealkylation sites (N-methyl/N-ethyl adjacent to an activating group) is 1. The summed E-state index contributed by atoms with van der Waals surface area (Å²) in [6, 6.07) is 18.6. The van der Waals surface area contributed by atoms with Crippen molar-refractivity contribution >= 4 is 27.5 Å². The zero-order valence-electron chi connectivity index (χ0n) is 20.6. The molecule has 10 heteroatoms. The third-order valence-electron chi connectivity index (χ3n) is 5.70. The molecule has 0 spiro atoms. The van der Waals surface area contributed by atoms with Gasteiger partial charge < -0.3 is 10.2 Å². The molecule has 3 aromatic rings. The van der Waals surface area contributed by atoms with Gasteiger partial charge in [-0.2, -0.15) is 0 Å². The SMILES string of the molecule is CCNC(=O)C(Cc1ccccc1)N(Cc1ccccc1F)C(=O)CN(c1cccc(F)c1)S(C)(=O)=O. The molecule has 3 aromatic carbocycles. The standard InChI is InChI=1S/C27H29F2N3O4S/c1-3-30-27(34)25(16-20-10-5-4-6-11-20)31(18-21-12-7-8-15-24(21)29)26(33)19-32(37(2,35)36)23-14-9-13-22(28)17-23/h4-15,17,25H,3,16,18-19H2,1-2H3,(H,30,34). The van der Waals surface area contributed by atoms with Gasteiger partial charge in [-0.05, 0) is 36.8 Å². The van der Waals surface area contributed by atoms with Crippen LogP contribution in [-0.2, 0) is 32.6 Å². The fourth-order valence-corrected chi connectivity index (χ4v) is 4.74. The minimum Gasteiger partial charge on any atom is -0.355 e. The van der Waals surface area contributed by atoms with E-state index in [1.165, 1.54) is 35.2 Å². The second-order valence-electron chi connectivity index (χ2n) is 8.46. The van der Waals surface area contributed by atoms with Crippen LogP contribution >= 0.6 is 0 Å². The molecule has 0 radical (unpaired) electrons. The van der Waals surface area contributed by atoms with Crippen LogP contribution in [0, 0.1) is 11.6 Å². The van der Waals surface area contributed by atoms with Gasteiger partial charge in [-0.3, -0.25) is 13.9 Å². The minimum absolute atomic E-state index is 0.0423. The second-order valence-corrected chi connectivity index (χ2v) is 10.4. The number of sulfonamides is 1. The number of halogens is 2. The molecule has 0 fully saturated rings. The van der Waals surface area contributed by atoms with Crippen molar-refractivity contribution in [2.75, 3.05) is 23.7 Å². The summed E-state index contributed by atoms with van der Waals surface area (Å²) in [5.41, 5.74) is 0.879. The number of nitrogens with one attached hydrogen (secondary N) is 1. The molecule has 1 N–H and O–H groups in total. The van der Waals surface area contributed by atoms with Gasteiger partial charge >= 0.3 is 0 Å². The quantitative estimate of drug-likeness (QED) is 0.412. The number of nitrogens with zero attached hydrogens (tertiary/aromatic N) is 2. The lowest BCUT2D eigenvalue weighted by Gasteiger charge is -2.33.